The lowest BCUT2D eigenvalue weighted by Crippen LogP contribution is -2.34. The van der Waals surface area contributed by atoms with E-state index in [-0.39, 0.29) is 24.9 Å². The maximum absolute atomic E-state index is 12.6. The fourth-order valence-electron chi connectivity index (χ4n) is 3.68. The quantitative estimate of drug-likeness (QED) is 0.211. The summed E-state index contributed by atoms with van der Waals surface area (Å²) in [5.41, 5.74) is 0.933. The molecule has 206 valence electrons. The summed E-state index contributed by atoms with van der Waals surface area (Å²) in [6, 6.07) is 32.8. The molecule has 0 bridgehead atoms. The third-order valence-electron chi connectivity index (χ3n) is 5.62. The Balaban J connectivity index is 1.13. The highest BCUT2D eigenvalue weighted by Gasteiger charge is 2.09. The van der Waals surface area contributed by atoms with Crippen molar-refractivity contribution in [2.45, 2.75) is 0 Å². The molecule has 8 heteroatoms. The lowest BCUT2D eigenvalue weighted by atomic mass is 10.2. The van der Waals surface area contributed by atoms with Gasteiger partial charge in [0.15, 0.2) is 0 Å². The van der Waals surface area contributed by atoms with Gasteiger partial charge in [0.2, 0.25) is 0 Å². The first-order chi connectivity index (χ1) is 19.7. The first-order valence-corrected chi connectivity index (χ1v) is 13.1. The van der Waals surface area contributed by atoms with Crippen LogP contribution in [0.4, 0.5) is 0 Å². The van der Waals surface area contributed by atoms with E-state index in [0.717, 1.165) is 11.5 Å². The molecule has 4 aromatic carbocycles. The number of benzene rings is 4. The minimum Gasteiger partial charge on any atom is -0.490 e. The Morgan fingerprint density at radius 2 is 0.800 bits per heavy atom. The SMILES string of the molecule is O=C(NCCNC(=O)c1cccc(OCCOc2ccccc2)c1)c1cccc(OCCOc2ccccc2)c1. The van der Waals surface area contributed by atoms with Crippen LogP contribution in [-0.4, -0.2) is 51.3 Å². The minimum atomic E-state index is -0.256. The Labute approximate surface area is 233 Å². The Morgan fingerprint density at radius 1 is 0.450 bits per heavy atom. The van der Waals surface area contributed by atoms with Crippen molar-refractivity contribution in [1.29, 1.82) is 0 Å². The van der Waals surface area contributed by atoms with Gasteiger partial charge >= 0.3 is 0 Å². The number of amides is 2. The molecule has 0 heterocycles. The van der Waals surface area contributed by atoms with Crippen LogP contribution in [0.15, 0.2) is 109 Å². The van der Waals surface area contributed by atoms with Crippen LogP contribution >= 0.6 is 0 Å². The summed E-state index contributed by atoms with van der Waals surface area (Å²) in [7, 11) is 0. The summed E-state index contributed by atoms with van der Waals surface area (Å²) >= 11 is 0. The van der Waals surface area contributed by atoms with Crippen molar-refractivity contribution < 1.29 is 28.5 Å². The molecule has 0 atom stereocenters. The van der Waals surface area contributed by atoms with Crippen molar-refractivity contribution in [3.8, 4) is 23.0 Å². The zero-order valence-electron chi connectivity index (χ0n) is 22.1. The topological polar surface area (TPSA) is 95.1 Å². The zero-order chi connectivity index (χ0) is 27.8. The van der Waals surface area contributed by atoms with Crippen molar-refractivity contribution in [2.24, 2.45) is 0 Å². The first kappa shape index (κ1) is 28.0. The summed E-state index contributed by atoms with van der Waals surface area (Å²) in [5, 5.41) is 5.62. The van der Waals surface area contributed by atoms with E-state index in [2.05, 4.69) is 10.6 Å². The molecule has 0 spiro atoms. The van der Waals surface area contributed by atoms with Crippen LogP contribution in [0.2, 0.25) is 0 Å². The third kappa shape index (κ3) is 9.40. The lowest BCUT2D eigenvalue weighted by molar-refractivity contribution is 0.0927. The Bertz CT molecular complexity index is 1240. The van der Waals surface area contributed by atoms with Gasteiger partial charge in [0.05, 0.1) is 0 Å². The van der Waals surface area contributed by atoms with Gasteiger partial charge < -0.3 is 29.6 Å². The van der Waals surface area contributed by atoms with Gasteiger partial charge in [-0.2, -0.15) is 0 Å². The largest absolute Gasteiger partial charge is 0.490 e. The van der Waals surface area contributed by atoms with E-state index in [0.29, 0.717) is 49.1 Å². The maximum Gasteiger partial charge on any atom is 0.251 e. The molecule has 0 aromatic heterocycles. The second-order valence-corrected chi connectivity index (χ2v) is 8.59. The molecule has 0 fully saturated rings. The molecular formula is C32H32N2O6. The molecule has 4 aromatic rings. The average Bonchev–Trinajstić information content (AvgIpc) is 3.01. The predicted octanol–water partition coefficient (Wildman–Crippen LogP) is 4.76. The molecule has 0 saturated heterocycles. The number of carbonyl (C=O) groups is 2. The predicted molar refractivity (Wildman–Crippen MR) is 152 cm³/mol. The standard InChI is InChI=1S/C32H32N2O6/c35-31(25-9-7-15-29(23-25)39-21-19-37-27-11-3-1-4-12-27)33-17-18-34-32(36)26-10-8-16-30(24-26)40-22-20-38-28-13-5-2-6-14-28/h1-16,23-24H,17-22H2,(H,33,35)(H,34,36). The summed E-state index contributed by atoms with van der Waals surface area (Å²) < 4.78 is 22.6. The van der Waals surface area contributed by atoms with E-state index in [4.69, 9.17) is 18.9 Å². The van der Waals surface area contributed by atoms with Crippen LogP contribution in [0.5, 0.6) is 23.0 Å². The molecule has 0 saturated carbocycles. The van der Waals surface area contributed by atoms with E-state index in [1.54, 1.807) is 48.5 Å². The van der Waals surface area contributed by atoms with Crippen molar-refractivity contribution >= 4 is 11.8 Å². The van der Waals surface area contributed by atoms with Crippen LogP contribution in [0.1, 0.15) is 20.7 Å². The van der Waals surface area contributed by atoms with E-state index >= 15 is 0 Å². The van der Waals surface area contributed by atoms with E-state index in [1.165, 1.54) is 0 Å². The lowest BCUT2D eigenvalue weighted by Gasteiger charge is -2.11. The van der Waals surface area contributed by atoms with Crippen molar-refractivity contribution in [1.82, 2.24) is 10.6 Å². The molecule has 8 nitrogen and oxygen atoms in total. The summed E-state index contributed by atoms with van der Waals surface area (Å²) in [6.45, 7) is 2.01. The number of para-hydroxylation sites is 2. The minimum absolute atomic E-state index is 0.256. The normalized spacial score (nSPS) is 10.3. The highest BCUT2D eigenvalue weighted by Crippen LogP contribution is 2.15. The van der Waals surface area contributed by atoms with Crippen molar-refractivity contribution in [2.75, 3.05) is 39.5 Å². The van der Waals surface area contributed by atoms with Crippen LogP contribution in [0, 0.1) is 0 Å². The summed E-state index contributed by atoms with van der Waals surface area (Å²) in [4.78, 5) is 25.1. The molecule has 0 aliphatic rings. The van der Waals surface area contributed by atoms with E-state index < -0.39 is 0 Å². The fraction of sp³-hybridized carbons (Fsp3) is 0.188. The fourth-order valence-corrected chi connectivity index (χ4v) is 3.68. The summed E-state index contributed by atoms with van der Waals surface area (Å²) in [5.74, 6) is 2.19. The van der Waals surface area contributed by atoms with Crippen LogP contribution in [0.25, 0.3) is 0 Å². The van der Waals surface area contributed by atoms with Crippen molar-refractivity contribution in [3.63, 3.8) is 0 Å². The van der Waals surface area contributed by atoms with Crippen LogP contribution in [-0.2, 0) is 0 Å². The van der Waals surface area contributed by atoms with Gasteiger partial charge in [0.25, 0.3) is 11.8 Å². The number of hydrogen-bond donors (Lipinski definition) is 2. The maximum atomic E-state index is 12.6. The third-order valence-corrected chi connectivity index (χ3v) is 5.62. The number of nitrogens with one attached hydrogen (secondary N) is 2. The van der Waals surface area contributed by atoms with Gasteiger partial charge in [-0.25, -0.2) is 0 Å². The molecule has 0 aliphatic heterocycles. The van der Waals surface area contributed by atoms with Gasteiger partial charge in [0, 0.05) is 24.2 Å². The number of ether oxygens (including phenoxy) is 4. The van der Waals surface area contributed by atoms with Crippen molar-refractivity contribution in [3.05, 3.63) is 120 Å². The average molecular weight is 541 g/mol. The second-order valence-electron chi connectivity index (χ2n) is 8.59. The van der Waals surface area contributed by atoms with Gasteiger partial charge in [-0.3, -0.25) is 9.59 Å². The van der Waals surface area contributed by atoms with Gasteiger partial charge in [-0.15, -0.1) is 0 Å². The molecule has 0 aliphatic carbocycles. The monoisotopic (exact) mass is 540 g/mol. The zero-order valence-corrected chi connectivity index (χ0v) is 22.1. The second kappa shape index (κ2) is 15.4. The molecule has 0 unspecified atom stereocenters. The Morgan fingerprint density at radius 3 is 1.20 bits per heavy atom. The first-order valence-electron chi connectivity index (χ1n) is 13.1. The van der Waals surface area contributed by atoms with E-state index in [9.17, 15) is 9.59 Å². The molecular weight excluding hydrogens is 508 g/mol. The highest BCUT2D eigenvalue weighted by molar-refractivity contribution is 5.95. The Hall–Kier alpha value is -4.98. The summed E-state index contributed by atoms with van der Waals surface area (Å²) in [6.07, 6.45) is 0. The van der Waals surface area contributed by atoms with Crippen LogP contribution < -0.4 is 29.6 Å². The van der Waals surface area contributed by atoms with Gasteiger partial charge in [-0.1, -0.05) is 48.5 Å². The van der Waals surface area contributed by atoms with Gasteiger partial charge in [0.1, 0.15) is 49.4 Å². The number of rotatable bonds is 15. The van der Waals surface area contributed by atoms with E-state index in [1.807, 2.05) is 60.7 Å². The molecule has 2 N–H and O–H groups in total. The molecule has 2 amide bonds. The molecule has 0 radical (unpaired) electrons. The van der Waals surface area contributed by atoms with Crippen LogP contribution in [0.3, 0.4) is 0 Å². The Kier molecular flexibility index (Phi) is 10.8. The number of carbonyl (C=O) groups excluding carboxylic acids is 2. The molecule has 40 heavy (non-hydrogen) atoms. The van der Waals surface area contributed by atoms with Gasteiger partial charge in [-0.05, 0) is 60.7 Å². The highest BCUT2D eigenvalue weighted by atomic mass is 16.5. The molecule has 4 rings (SSSR count). The number of hydrogen-bond acceptors (Lipinski definition) is 6. The smallest absolute Gasteiger partial charge is 0.251 e.